The Bertz CT molecular complexity index is 723. The molecule has 1 aromatic rings. The second-order valence-electron chi connectivity index (χ2n) is 5.49. The number of benzene rings is 1. The first kappa shape index (κ1) is 24.4. The maximum absolute atomic E-state index is 13.2. The van der Waals surface area contributed by atoms with Gasteiger partial charge in [-0.3, -0.25) is 9.59 Å². The fourth-order valence-corrected chi connectivity index (χ4v) is 1.80. The van der Waals surface area contributed by atoms with Crippen LogP contribution in [-0.2, 0) is 14.3 Å². The lowest BCUT2D eigenvalue weighted by atomic mass is 10.1. The molecule has 0 unspecified atom stereocenters. The molecule has 0 heterocycles. The average molecular weight is 438 g/mol. The van der Waals surface area contributed by atoms with Gasteiger partial charge >= 0.3 is 36.1 Å². The van der Waals surface area contributed by atoms with Gasteiger partial charge in [0.05, 0.1) is 20.0 Å². The molecule has 0 aliphatic heterocycles. The molecule has 1 rings (SSSR count). The Morgan fingerprint density at radius 3 is 1.97 bits per heavy atom. The Morgan fingerprint density at radius 1 is 0.931 bits per heavy atom. The second kappa shape index (κ2) is 9.27. The highest BCUT2D eigenvalue weighted by molar-refractivity contribution is 5.79. The standard InChI is InChI=1S/C16H14F8O5/c1-27-9-4-2-3-5-10(9)29-12(26)7-6-11(25)28-8-14(19,20)16(23,24)15(21,22)13(17)18/h2-5,13H,6-8H2,1H3. The SMILES string of the molecule is COc1ccccc1OC(=O)CCC(=O)OCC(F)(F)C(F)(F)C(F)(F)C(F)F. The molecular formula is C16H14F8O5. The summed E-state index contributed by atoms with van der Waals surface area (Å²) in [6, 6.07) is 5.81. The van der Waals surface area contributed by atoms with Crippen molar-refractivity contribution in [3.8, 4) is 11.5 Å². The summed E-state index contributed by atoms with van der Waals surface area (Å²) in [6.07, 6.45) is -6.75. The zero-order chi connectivity index (χ0) is 22.5. The van der Waals surface area contributed by atoms with Crippen molar-refractivity contribution >= 4 is 11.9 Å². The van der Waals surface area contributed by atoms with Crippen molar-refractivity contribution in [2.24, 2.45) is 0 Å². The lowest BCUT2D eigenvalue weighted by molar-refractivity contribution is -0.344. The van der Waals surface area contributed by atoms with Crippen LogP contribution in [0.25, 0.3) is 0 Å². The summed E-state index contributed by atoms with van der Waals surface area (Å²) in [5, 5.41) is 0. The summed E-state index contributed by atoms with van der Waals surface area (Å²) in [4.78, 5) is 22.9. The molecule has 0 saturated carbocycles. The Kier molecular flexibility index (Phi) is 7.81. The quantitative estimate of drug-likeness (QED) is 0.313. The molecule has 0 amide bonds. The van der Waals surface area contributed by atoms with Gasteiger partial charge in [0.2, 0.25) is 0 Å². The van der Waals surface area contributed by atoms with Crippen LogP contribution in [0, 0.1) is 0 Å². The van der Waals surface area contributed by atoms with E-state index in [1.165, 1.54) is 25.3 Å². The summed E-state index contributed by atoms with van der Waals surface area (Å²) in [5.41, 5.74) is 0. The van der Waals surface area contributed by atoms with Crippen LogP contribution in [0.15, 0.2) is 24.3 Å². The number of carbonyl (C=O) groups is 2. The number of hydrogen-bond donors (Lipinski definition) is 0. The van der Waals surface area contributed by atoms with Crippen molar-refractivity contribution in [2.45, 2.75) is 37.0 Å². The molecule has 0 atom stereocenters. The van der Waals surface area contributed by atoms with Crippen LogP contribution >= 0.6 is 0 Å². The van der Waals surface area contributed by atoms with Crippen LogP contribution in [0.3, 0.4) is 0 Å². The maximum Gasteiger partial charge on any atom is 0.381 e. The van der Waals surface area contributed by atoms with E-state index in [1.54, 1.807) is 6.07 Å². The molecule has 1 aromatic carbocycles. The van der Waals surface area contributed by atoms with E-state index in [4.69, 9.17) is 9.47 Å². The van der Waals surface area contributed by atoms with Crippen LogP contribution in [0.1, 0.15) is 12.8 Å². The summed E-state index contributed by atoms with van der Waals surface area (Å²) in [5.74, 6) is -21.2. The van der Waals surface area contributed by atoms with Gasteiger partial charge in [0, 0.05) is 0 Å². The van der Waals surface area contributed by atoms with Crippen molar-refractivity contribution in [2.75, 3.05) is 13.7 Å². The number of para-hydroxylation sites is 2. The number of hydrogen-bond acceptors (Lipinski definition) is 5. The third-order valence-electron chi connectivity index (χ3n) is 3.39. The van der Waals surface area contributed by atoms with E-state index in [0.717, 1.165) is 0 Å². The molecule has 164 valence electrons. The lowest BCUT2D eigenvalue weighted by Gasteiger charge is -2.31. The molecule has 0 bridgehead atoms. The minimum absolute atomic E-state index is 0.0335. The maximum atomic E-state index is 13.2. The van der Waals surface area contributed by atoms with Gasteiger partial charge in [-0.15, -0.1) is 0 Å². The molecular weight excluding hydrogens is 424 g/mol. The second-order valence-corrected chi connectivity index (χ2v) is 5.49. The van der Waals surface area contributed by atoms with Gasteiger partial charge < -0.3 is 14.2 Å². The zero-order valence-electron chi connectivity index (χ0n) is 14.6. The number of methoxy groups -OCH3 is 1. The van der Waals surface area contributed by atoms with Crippen LogP contribution < -0.4 is 9.47 Å². The topological polar surface area (TPSA) is 61.8 Å². The van der Waals surface area contributed by atoms with Gasteiger partial charge in [-0.2, -0.15) is 26.3 Å². The smallest absolute Gasteiger partial charge is 0.381 e. The van der Waals surface area contributed by atoms with Crippen molar-refractivity contribution in [3.63, 3.8) is 0 Å². The fourth-order valence-electron chi connectivity index (χ4n) is 1.80. The largest absolute Gasteiger partial charge is 0.493 e. The average Bonchev–Trinajstić information content (AvgIpc) is 2.64. The van der Waals surface area contributed by atoms with Crippen molar-refractivity contribution in [3.05, 3.63) is 24.3 Å². The first-order valence-corrected chi connectivity index (χ1v) is 7.67. The normalized spacial score (nSPS) is 12.6. The number of ether oxygens (including phenoxy) is 3. The first-order chi connectivity index (χ1) is 13.3. The van der Waals surface area contributed by atoms with E-state index in [0.29, 0.717) is 0 Å². The van der Waals surface area contributed by atoms with Gasteiger partial charge in [0.15, 0.2) is 18.1 Å². The predicted octanol–water partition coefficient (Wildman–Crippen LogP) is 4.10. The van der Waals surface area contributed by atoms with Crippen molar-refractivity contribution < 1.29 is 58.9 Å². The van der Waals surface area contributed by atoms with Gasteiger partial charge in [-0.05, 0) is 12.1 Å². The molecule has 0 fully saturated rings. The predicted molar refractivity (Wildman–Crippen MR) is 79.7 cm³/mol. The van der Waals surface area contributed by atoms with Crippen molar-refractivity contribution in [1.29, 1.82) is 0 Å². The summed E-state index contributed by atoms with van der Waals surface area (Å²) in [7, 11) is 1.28. The summed E-state index contributed by atoms with van der Waals surface area (Å²) in [6.45, 7) is -2.59. The highest BCUT2D eigenvalue weighted by Crippen LogP contribution is 2.48. The van der Waals surface area contributed by atoms with E-state index in [1.807, 2.05) is 0 Å². The number of carbonyl (C=O) groups excluding carboxylic acids is 2. The summed E-state index contributed by atoms with van der Waals surface area (Å²) >= 11 is 0. The number of halogens is 8. The van der Waals surface area contributed by atoms with E-state index in [9.17, 15) is 44.7 Å². The zero-order valence-corrected chi connectivity index (χ0v) is 14.6. The molecule has 0 radical (unpaired) electrons. The monoisotopic (exact) mass is 438 g/mol. The van der Waals surface area contributed by atoms with Gasteiger partial charge in [-0.25, -0.2) is 8.78 Å². The molecule has 0 aromatic heterocycles. The molecule has 0 aliphatic rings. The molecule has 0 saturated heterocycles. The number of alkyl halides is 8. The minimum atomic E-state index is -6.49. The van der Waals surface area contributed by atoms with Crippen molar-refractivity contribution in [1.82, 2.24) is 0 Å². The Morgan fingerprint density at radius 2 is 1.45 bits per heavy atom. The number of esters is 2. The minimum Gasteiger partial charge on any atom is -0.493 e. The number of rotatable bonds is 10. The molecule has 5 nitrogen and oxygen atoms in total. The Hall–Kier alpha value is -2.60. The van der Waals surface area contributed by atoms with E-state index in [-0.39, 0.29) is 11.5 Å². The van der Waals surface area contributed by atoms with Crippen LogP contribution in [0.5, 0.6) is 11.5 Å². The Balaban J connectivity index is 2.59. The van der Waals surface area contributed by atoms with Gasteiger partial charge in [0.25, 0.3) is 0 Å². The summed E-state index contributed by atoms with van der Waals surface area (Å²) < 4.78 is 115. The highest BCUT2D eigenvalue weighted by Gasteiger charge is 2.75. The Labute approximate surface area is 158 Å². The third kappa shape index (κ3) is 5.70. The van der Waals surface area contributed by atoms with Gasteiger partial charge in [0.1, 0.15) is 0 Å². The van der Waals surface area contributed by atoms with E-state index >= 15 is 0 Å². The van der Waals surface area contributed by atoms with Crippen LogP contribution in [0.2, 0.25) is 0 Å². The third-order valence-corrected chi connectivity index (χ3v) is 3.39. The van der Waals surface area contributed by atoms with Gasteiger partial charge in [-0.1, -0.05) is 12.1 Å². The highest BCUT2D eigenvalue weighted by atomic mass is 19.4. The van der Waals surface area contributed by atoms with Crippen LogP contribution in [0.4, 0.5) is 35.1 Å². The molecule has 0 spiro atoms. The molecule has 13 heteroatoms. The fraction of sp³-hybridized carbons (Fsp3) is 0.500. The van der Waals surface area contributed by atoms with E-state index in [2.05, 4.69) is 4.74 Å². The lowest BCUT2D eigenvalue weighted by Crippen LogP contribution is -2.59. The molecule has 29 heavy (non-hydrogen) atoms. The molecule has 0 aliphatic carbocycles. The van der Waals surface area contributed by atoms with Crippen LogP contribution in [-0.4, -0.2) is 49.8 Å². The first-order valence-electron chi connectivity index (χ1n) is 7.67. The molecule has 0 N–H and O–H groups in total. The van der Waals surface area contributed by atoms with E-state index < -0.39 is 55.6 Å².